The van der Waals surface area contributed by atoms with Crippen LogP contribution in [0.1, 0.15) is 5.56 Å². The third kappa shape index (κ3) is 5.60. The Morgan fingerprint density at radius 2 is 0.875 bits per heavy atom. The lowest BCUT2D eigenvalue weighted by atomic mass is 9.90. The zero-order chi connectivity index (χ0) is 32.3. The van der Waals surface area contributed by atoms with Crippen molar-refractivity contribution in [2.75, 3.05) is 0 Å². The first kappa shape index (κ1) is 28.7. The van der Waals surface area contributed by atoms with Crippen LogP contribution in [0.4, 0.5) is 0 Å². The van der Waals surface area contributed by atoms with Crippen LogP contribution in [0.15, 0.2) is 164 Å². The van der Waals surface area contributed by atoms with Crippen molar-refractivity contribution in [1.82, 2.24) is 19.9 Å². The molecule has 48 heavy (non-hydrogen) atoms. The largest absolute Gasteiger partial charge is 0.256 e. The summed E-state index contributed by atoms with van der Waals surface area (Å²) in [6.07, 6.45) is 1.77. The van der Waals surface area contributed by atoms with E-state index >= 15 is 0 Å². The van der Waals surface area contributed by atoms with Gasteiger partial charge in [-0.3, -0.25) is 4.98 Å². The van der Waals surface area contributed by atoms with E-state index in [9.17, 15) is 5.26 Å². The highest BCUT2D eigenvalue weighted by atomic mass is 15.0. The second-order valence-electron chi connectivity index (χ2n) is 11.4. The first-order valence-electron chi connectivity index (χ1n) is 15.7. The average Bonchev–Trinajstić information content (AvgIpc) is 3.18. The summed E-state index contributed by atoms with van der Waals surface area (Å²) in [6, 6.07) is 55.2. The van der Waals surface area contributed by atoms with E-state index in [-0.39, 0.29) is 0 Å². The molecule has 2 aromatic heterocycles. The van der Waals surface area contributed by atoms with Crippen molar-refractivity contribution in [3.63, 3.8) is 0 Å². The molecule has 5 heteroatoms. The first-order chi connectivity index (χ1) is 23.7. The lowest BCUT2D eigenvalue weighted by Gasteiger charge is -2.14. The Kier molecular flexibility index (Phi) is 7.50. The number of nitriles is 1. The highest BCUT2D eigenvalue weighted by Gasteiger charge is 2.15. The minimum Gasteiger partial charge on any atom is -0.256 e. The first-order valence-corrected chi connectivity index (χ1v) is 15.7. The molecule has 0 fully saturated rings. The molecular weight excluding hydrogens is 587 g/mol. The molecule has 6 aromatic carbocycles. The molecule has 8 aromatic rings. The fourth-order valence-corrected chi connectivity index (χ4v) is 6.07. The van der Waals surface area contributed by atoms with Gasteiger partial charge in [-0.25, -0.2) is 15.0 Å². The van der Waals surface area contributed by atoms with Gasteiger partial charge in [-0.05, 0) is 63.4 Å². The Morgan fingerprint density at radius 1 is 0.396 bits per heavy atom. The van der Waals surface area contributed by atoms with Crippen molar-refractivity contribution >= 4 is 10.8 Å². The summed E-state index contributed by atoms with van der Waals surface area (Å²) in [5, 5.41) is 12.1. The predicted octanol–water partition coefficient (Wildman–Crippen LogP) is 10.3. The molecule has 0 aliphatic rings. The van der Waals surface area contributed by atoms with Gasteiger partial charge >= 0.3 is 0 Å². The van der Waals surface area contributed by atoms with Crippen LogP contribution >= 0.6 is 0 Å². The van der Waals surface area contributed by atoms with Crippen molar-refractivity contribution in [3.05, 3.63) is 169 Å². The smallest absolute Gasteiger partial charge is 0.164 e. The molecule has 0 amide bonds. The fraction of sp³-hybridized carbons (Fsp3) is 0. The molecule has 8 rings (SSSR count). The van der Waals surface area contributed by atoms with Crippen LogP contribution in [0.2, 0.25) is 0 Å². The van der Waals surface area contributed by atoms with E-state index in [1.807, 2.05) is 91.0 Å². The van der Waals surface area contributed by atoms with Crippen molar-refractivity contribution < 1.29 is 0 Å². The van der Waals surface area contributed by atoms with Crippen LogP contribution in [-0.4, -0.2) is 19.9 Å². The lowest BCUT2D eigenvalue weighted by Crippen LogP contribution is -2.00. The predicted molar refractivity (Wildman–Crippen MR) is 192 cm³/mol. The third-order valence-electron chi connectivity index (χ3n) is 8.41. The minimum atomic E-state index is 0.598. The molecular formula is C43H27N5. The molecule has 0 saturated heterocycles. The summed E-state index contributed by atoms with van der Waals surface area (Å²) in [7, 11) is 0. The van der Waals surface area contributed by atoms with Crippen molar-refractivity contribution in [1.29, 1.82) is 5.26 Å². The monoisotopic (exact) mass is 613 g/mol. The third-order valence-corrected chi connectivity index (χ3v) is 8.41. The Labute approximate surface area is 278 Å². The quantitative estimate of drug-likeness (QED) is 0.187. The topological polar surface area (TPSA) is 75.3 Å². The van der Waals surface area contributed by atoms with E-state index in [0.29, 0.717) is 23.0 Å². The molecule has 224 valence electrons. The van der Waals surface area contributed by atoms with Gasteiger partial charge in [0.2, 0.25) is 0 Å². The maximum absolute atomic E-state index is 9.85. The second-order valence-corrected chi connectivity index (χ2v) is 11.4. The molecule has 0 radical (unpaired) electrons. The van der Waals surface area contributed by atoms with Gasteiger partial charge in [-0.2, -0.15) is 5.26 Å². The van der Waals surface area contributed by atoms with Crippen LogP contribution in [0.3, 0.4) is 0 Å². The van der Waals surface area contributed by atoms with Gasteiger partial charge in [0.15, 0.2) is 17.5 Å². The number of rotatable bonds is 6. The van der Waals surface area contributed by atoms with Crippen LogP contribution in [-0.2, 0) is 0 Å². The van der Waals surface area contributed by atoms with Gasteiger partial charge in [0, 0.05) is 28.5 Å². The van der Waals surface area contributed by atoms with Gasteiger partial charge < -0.3 is 0 Å². The Bertz CT molecular complexity index is 2380. The number of fused-ring (bicyclic) bond motifs is 1. The van der Waals surface area contributed by atoms with Crippen molar-refractivity contribution in [2.24, 2.45) is 0 Å². The Balaban J connectivity index is 1.20. The minimum absolute atomic E-state index is 0.598. The highest BCUT2D eigenvalue weighted by Crippen LogP contribution is 2.38. The average molecular weight is 614 g/mol. The normalized spacial score (nSPS) is 10.9. The van der Waals surface area contributed by atoms with Crippen molar-refractivity contribution in [3.8, 4) is 73.7 Å². The maximum atomic E-state index is 9.85. The molecule has 0 saturated carbocycles. The number of benzene rings is 6. The fourth-order valence-electron chi connectivity index (χ4n) is 6.07. The van der Waals surface area contributed by atoms with Crippen LogP contribution in [0.25, 0.3) is 78.4 Å². The molecule has 0 atom stereocenters. The molecule has 0 spiro atoms. The summed E-state index contributed by atoms with van der Waals surface area (Å²) in [5.74, 6) is 1.89. The number of hydrogen-bond acceptors (Lipinski definition) is 5. The summed E-state index contributed by atoms with van der Waals surface area (Å²) in [5.41, 5.74) is 9.38. The summed E-state index contributed by atoms with van der Waals surface area (Å²) in [4.78, 5) is 19.1. The van der Waals surface area contributed by atoms with Gasteiger partial charge in [0.05, 0.1) is 17.3 Å². The lowest BCUT2D eigenvalue weighted by molar-refractivity contribution is 1.07. The van der Waals surface area contributed by atoms with Gasteiger partial charge in [0.25, 0.3) is 0 Å². The van der Waals surface area contributed by atoms with E-state index < -0.39 is 0 Å². The molecule has 0 unspecified atom stereocenters. The SMILES string of the molecule is N#Cc1cc(-c2ccccn2)cc(-c2ccc(-c3ccc(-c4nc(-c5ccccc5)nc(-c5ccccc5)n4)cc3)c3ccccc23)c1. The highest BCUT2D eigenvalue weighted by molar-refractivity contribution is 6.05. The van der Waals surface area contributed by atoms with Gasteiger partial charge in [-0.1, -0.05) is 127 Å². The molecule has 5 nitrogen and oxygen atoms in total. The summed E-state index contributed by atoms with van der Waals surface area (Å²) in [6.45, 7) is 0. The zero-order valence-corrected chi connectivity index (χ0v) is 25.8. The van der Waals surface area contributed by atoms with Gasteiger partial charge in [-0.15, -0.1) is 0 Å². The Morgan fingerprint density at radius 3 is 1.42 bits per heavy atom. The zero-order valence-electron chi connectivity index (χ0n) is 25.8. The van der Waals surface area contributed by atoms with Crippen LogP contribution in [0, 0.1) is 11.3 Å². The molecule has 0 N–H and O–H groups in total. The number of aromatic nitrogens is 4. The molecule has 0 aliphatic carbocycles. The van der Waals surface area contributed by atoms with E-state index in [4.69, 9.17) is 15.0 Å². The van der Waals surface area contributed by atoms with Crippen LogP contribution in [0.5, 0.6) is 0 Å². The van der Waals surface area contributed by atoms with Crippen LogP contribution < -0.4 is 0 Å². The molecule has 0 aliphatic heterocycles. The van der Waals surface area contributed by atoms with E-state index in [1.54, 1.807) is 6.20 Å². The van der Waals surface area contributed by atoms with E-state index in [1.165, 1.54) is 0 Å². The molecule has 0 bridgehead atoms. The van der Waals surface area contributed by atoms with E-state index in [2.05, 4.69) is 77.8 Å². The van der Waals surface area contributed by atoms with Gasteiger partial charge in [0.1, 0.15) is 0 Å². The number of pyridine rings is 1. The van der Waals surface area contributed by atoms with E-state index in [0.717, 1.165) is 61.0 Å². The number of hydrogen-bond donors (Lipinski definition) is 0. The standard InChI is InChI=1S/C43H27N5/c44-28-29-25-34(27-35(26-29)40-17-9-10-24-45-40)37-23-22-36(38-15-7-8-16-39(37)38)30-18-20-33(21-19-30)43-47-41(31-11-3-1-4-12-31)46-42(48-43)32-13-5-2-6-14-32/h1-27H. The molecule has 2 heterocycles. The number of nitrogens with zero attached hydrogens (tertiary/aromatic N) is 5. The van der Waals surface area contributed by atoms with Crippen molar-refractivity contribution in [2.45, 2.75) is 0 Å². The maximum Gasteiger partial charge on any atom is 0.164 e. The Hall–Kier alpha value is -6.77. The summed E-state index contributed by atoms with van der Waals surface area (Å²) < 4.78 is 0. The second kappa shape index (κ2) is 12.6. The summed E-state index contributed by atoms with van der Waals surface area (Å²) >= 11 is 0.